The number of anilines is 4. The van der Waals surface area contributed by atoms with Gasteiger partial charge in [-0.25, -0.2) is 9.97 Å². The van der Waals surface area contributed by atoms with Crippen LogP contribution in [-0.2, 0) is 0 Å². The van der Waals surface area contributed by atoms with Gasteiger partial charge in [0, 0.05) is 37.9 Å². The molecule has 4 heterocycles. The second-order valence-corrected chi connectivity index (χ2v) is 8.57. The van der Waals surface area contributed by atoms with Gasteiger partial charge in [-0.15, -0.1) is 0 Å². The molecule has 1 aromatic carbocycles. The predicted octanol–water partition coefficient (Wildman–Crippen LogP) is 4.31. The summed E-state index contributed by atoms with van der Waals surface area (Å²) in [6.45, 7) is 7.27. The van der Waals surface area contributed by atoms with Crippen molar-refractivity contribution in [2.45, 2.75) is 45.6 Å². The number of imidazole rings is 1. The Morgan fingerprint density at radius 3 is 2.88 bits per heavy atom. The first-order valence-corrected chi connectivity index (χ1v) is 11.5. The second-order valence-electron chi connectivity index (χ2n) is 8.57. The standard InChI is InChI=1S/C24H31N7O/c1-4-29-15-19-8-6-5-7-11-31(19)23-21(29)13-25-24(28-23)27-20-10-9-18(12-22(20)32-3)30-14-17(2)26-16-30/h9-10,12-14,16,19H,4-8,11,15H2,1-3H3,(H,25,27,28). The Labute approximate surface area is 189 Å². The summed E-state index contributed by atoms with van der Waals surface area (Å²) in [4.78, 5) is 18.9. The normalized spacial score (nSPS) is 18.0. The molecule has 2 aliphatic heterocycles. The lowest BCUT2D eigenvalue weighted by molar-refractivity contribution is 0.416. The largest absolute Gasteiger partial charge is 0.494 e. The van der Waals surface area contributed by atoms with Crippen molar-refractivity contribution >= 4 is 23.1 Å². The molecule has 168 valence electrons. The van der Waals surface area contributed by atoms with E-state index in [4.69, 9.17) is 9.72 Å². The highest BCUT2D eigenvalue weighted by atomic mass is 16.5. The van der Waals surface area contributed by atoms with E-state index >= 15 is 0 Å². The van der Waals surface area contributed by atoms with E-state index in [1.54, 1.807) is 13.4 Å². The number of ether oxygens (including phenoxy) is 1. The van der Waals surface area contributed by atoms with Crippen LogP contribution < -0.4 is 19.9 Å². The lowest BCUT2D eigenvalue weighted by Gasteiger charge is -2.42. The quantitative estimate of drug-likeness (QED) is 0.643. The molecular weight excluding hydrogens is 402 g/mol. The third kappa shape index (κ3) is 3.85. The molecule has 0 radical (unpaired) electrons. The molecule has 0 spiro atoms. The molecule has 5 rings (SSSR count). The van der Waals surface area contributed by atoms with Gasteiger partial charge >= 0.3 is 0 Å². The van der Waals surface area contributed by atoms with Gasteiger partial charge in [0.05, 0.1) is 42.4 Å². The number of hydrogen-bond acceptors (Lipinski definition) is 7. The molecule has 1 saturated heterocycles. The minimum absolute atomic E-state index is 0.528. The maximum absolute atomic E-state index is 5.67. The molecule has 1 atom stereocenters. The van der Waals surface area contributed by atoms with Gasteiger partial charge in [0.2, 0.25) is 5.95 Å². The average Bonchev–Trinajstić information content (AvgIpc) is 3.11. The SMILES string of the molecule is CCN1CC2CCCCCN2c2nc(Nc3ccc(-n4cnc(C)c4)cc3OC)ncc21. The first-order valence-electron chi connectivity index (χ1n) is 11.5. The Hall–Kier alpha value is -3.29. The summed E-state index contributed by atoms with van der Waals surface area (Å²) >= 11 is 0. The van der Waals surface area contributed by atoms with Crippen LogP contribution in [-0.4, -0.2) is 52.3 Å². The van der Waals surface area contributed by atoms with E-state index in [0.717, 1.165) is 54.0 Å². The zero-order chi connectivity index (χ0) is 22.1. The third-order valence-electron chi connectivity index (χ3n) is 6.49. The lowest BCUT2D eigenvalue weighted by atomic mass is 10.1. The average molecular weight is 434 g/mol. The number of rotatable bonds is 5. The van der Waals surface area contributed by atoms with Crippen LogP contribution in [0.4, 0.5) is 23.1 Å². The molecule has 0 saturated carbocycles. The van der Waals surface area contributed by atoms with E-state index in [0.29, 0.717) is 12.0 Å². The number of fused-ring (bicyclic) bond motifs is 3. The molecule has 1 unspecified atom stereocenters. The molecule has 0 bridgehead atoms. The van der Waals surface area contributed by atoms with Gasteiger partial charge in [-0.05, 0) is 38.8 Å². The van der Waals surface area contributed by atoms with Crippen molar-refractivity contribution in [3.05, 3.63) is 42.6 Å². The number of nitrogens with one attached hydrogen (secondary N) is 1. The van der Waals surface area contributed by atoms with Crippen LogP contribution in [0.25, 0.3) is 5.69 Å². The lowest BCUT2D eigenvalue weighted by Crippen LogP contribution is -2.49. The highest BCUT2D eigenvalue weighted by molar-refractivity contribution is 5.73. The summed E-state index contributed by atoms with van der Waals surface area (Å²) in [5.41, 5.74) is 3.93. The monoisotopic (exact) mass is 433 g/mol. The molecule has 8 heteroatoms. The first kappa shape index (κ1) is 20.6. The predicted molar refractivity (Wildman–Crippen MR) is 128 cm³/mol. The maximum atomic E-state index is 5.67. The van der Waals surface area contributed by atoms with Crippen LogP contribution in [0, 0.1) is 6.92 Å². The second kappa shape index (κ2) is 8.68. The number of aryl methyl sites for hydroxylation is 1. The van der Waals surface area contributed by atoms with Crippen molar-refractivity contribution in [2.75, 3.05) is 41.9 Å². The van der Waals surface area contributed by atoms with Crippen molar-refractivity contribution in [1.29, 1.82) is 0 Å². The summed E-state index contributed by atoms with van der Waals surface area (Å²) in [5, 5.41) is 3.38. The Balaban J connectivity index is 1.45. The number of methoxy groups -OCH3 is 1. The smallest absolute Gasteiger partial charge is 0.229 e. The van der Waals surface area contributed by atoms with Crippen molar-refractivity contribution in [2.24, 2.45) is 0 Å². The molecule has 0 aliphatic carbocycles. The van der Waals surface area contributed by atoms with Crippen LogP contribution in [0.1, 0.15) is 38.3 Å². The van der Waals surface area contributed by atoms with E-state index < -0.39 is 0 Å². The Bertz CT molecular complexity index is 1100. The van der Waals surface area contributed by atoms with Crippen molar-refractivity contribution in [3.8, 4) is 11.4 Å². The van der Waals surface area contributed by atoms with Crippen LogP contribution in [0.3, 0.4) is 0 Å². The minimum Gasteiger partial charge on any atom is -0.494 e. The number of hydrogen-bond donors (Lipinski definition) is 1. The zero-order valence-electron chi connectivity index (χ0n) is 19.1. The van der Waals surface area contributed by atoms with Gasteiger partial charge in [0.1, 0.15) is 5.75 Å². The number of likely N-dealkylation sites (N-methyl/N-ethyl adjacent to an activating group) is 1. The topological polar surface area (TPSA) is 71.3 Å². The molecular formula is C24H31N7O. The number of nitrogens with zero attached hydrogens (tertiary/aromatic N) is 6. The summed E-state index contributed by atoms with van der Waals surface area (Å²) in [6, 6.07) is 6.55. The van der Waals surface area contributed by atoms with Gasteiger partial charge in [-0.1, -0.05) is 12.8 Å². The molecule has 0 amide bonds. The van der Waals surface area contributed by atoms with Gasteiger partial charge in [0.25, 0.3) is 0 Å². The van der Waals surface area contributed by atoms with E-state index in [1.807, 2.05) is 42.1 Å². The van der Waals surface area contributed by atoms with Crippen molar-refractivity contribution in [1.82, 2.24) is 19.5 Å². The maximum Gasteiger partial charge on any atom is 0.229 e. The fraction of sp³-hybridized carbons (Fsp3) is 0.458. The Morgan fingerprint density at radius 1 is 1.19 bits per heavy atom. The summed E-state index contributed by atoms with van der Waals surface area (Å²) in [6.07, 6.45) is 10.8. The van der Waals surface area contributed by atoms with Gasteiger partial charge in [-0.2, -0.15) is 4.98 Å². The van der Waals surface area contributed by atoms with Crippen LogP contribution in [0.5, 0.6) is 5.75 Å². The van der Waals surface area contributed by atoms with E-state index in [-0.39, 0.29) is 0 Å². The van der Waals surface area contributed by atoms with Crippen molar-refractivity contribution in [3.63, 3.8) is 0 Å². The van der Waals surface area contributed by atoms with Crippen LogP contribution in [0.15, 0.2) is 36.9 Å². The minimum atomic E-state index is 0.528. The Morgan fingerprint density at radius 2 is 2.09 bits per heavy atom. The van der Waals surface area contributed by atoms with Gasteiger partial charge in [0.15, 0.2) is 5.82 Å². The van der Waals surface area contributed by atoms with E-state index in [9.17, 15) is 0 Å². The number of aromatic nitrogens is 4. The molecule has 32 heavy (non-hydrogen) atoms. The van der Waals surface area contributed by atoms with Crippen LogP contribution >= 0.6 is 0 Å². The molecule has 2 aliphatic rings. The number of benzene rings is 1. The highest BCUT2D eigenvalue weighted by Crippen LogP contribution is 2.37. The molecule has 8 nitrogen and oxygen atoms in total. The summed E-state index contributed by atoms with van der Waals surface area (Å²) in [7, 11) is 1.68. The molecule has 1 N–H and O–H groups in total. The Kier molecular flexibility index (Phi) is 5.59. The van der Waals surface area contributed by atoms with Gasteiger partial charge in [-0.3, -0.25) is 0 Å². The third-order valence-corrected chi connectivity index (χ3v) is 6.49. The zero-order valence-corrected chi connectivity index (χ0v) is 19.1. The summed E-state index contributed by atoms with van der Waals surface area (Å²) < 4.78 is 7.65. The molecule has 2 aromatic heterocycles. The highest BCUT2D eigenvalue weighted by Gasteiger charge is 2.32. The van der Waals surface area contributed by atoms with E-state index in [2.05, 4.69) is 32.0 Å². The molecule has 3 aromatic rings. The first-order chi connectivity index (χ1) is 15.7. The molecule has 1 fully saturated rings. The van der Waals surface area contributed by atoms with Gasteiger partial charge < -0.3 is 24.4 Å². The van der Waals surface area contributed by atoms with Crippen LogP contribution in [0.2, 0.25) is 0 Å². The van der Waals surface area contributed by atoms with E-state index in [1.165, 1.54) is 25.7 Å². The summed E-state index contributed by atoms with van der Waals surface area (Å²) in [5.74, 6) is 2.37. The fourth-order valence-electron chi connectivity index (χ4n) is 4.79. The van der Waals surface area contributed by atoms with Crippen molar-refractivity contribution < 1.29 is 4.74 Å². The fourth-order valence-corrected chi connectivity index (χ4v) is 4.79.